The highest BCUT2D eigenvalue weighted by Crippen LogP contribution is 2.37. The van der Waals surface area contributed by atoms with Crippen LogP contribution in [0, 0.1) is 25.5 Å². The van der Waals surface area contributed by atoms with Crippen molar-refractivity contribution in [1.29, 1.82) is 0 Å². The van der Waals surface area contributed by atoms with Gasteiger partial charge in [0, 0.05) is 68.2 Å². The molecule has 0 saturated heterocycles. The highest BCUT2D eigenvalue weighted by Gasteiger charge is 2.23. The van der Waals surface area contributed by atoms with E-state index in [9.17, 15) is 37.5 Å². The number of nitrogens with two attached hydrogens (primary N) is 1. The monoisotopic (exact) mass is 907 g/mol. The van der Waals surface area contributed by atoms with Crippen LogP contribution >= 0.6 is 11.6 Å². The average molecular weight is 908 g/mol. The highest BCUT2D eigenvalue weighted by molar-refractivity contribution is 6.32. The second-order valence-corrected chi connectivity index (χ2v) is 14.0. The van der Waals surface area contributed by atoms with Crippen LogP contribution in [0.2, 0.25) is 5.02 Å². The first-order chi connectivity index (χ1) is 30.3. The molecule has 6 aromatic rings. The third-order valence-corrected chi connectivity index (χ3v) is 9.53. The molecule has 0 aliphatic rings. The van der Waals surface area contributed by atoms with Crippen molar-refractivity contribution in [3.63, 3.8) is 0 Å². The van der Waals surface area contributed by atoms with Crippen LogP contribution < -0.4 is 47.2 Å². The number of ether oxygens (including phenoxy) is 6. The fraction of sp³-hybridized carbons (Fsp3) is 0.238. The van der Waals surface area contributed by atoms with Crippen LogP contribution in [-0.4, -0.2) is 66.6 Å². The Balaban J connectivity index is 0.000000241. The Labute approximate surface area is 366 Å². The molecule has 6 rings (SSSR count). The van der Waals surface area contributed by atoms with Gasteiger partial charge in [0.25, 0.3) is 22.9 Å². The van der Waals surface area contributed by atoms with Crippen molar-refractivity contribution in [2.75, 3.05) is 20.0 Å². The summed E-state index contributed by atoms with van der Waals surface area (Å²) in [4.78, 5) is 81.4. The zero-order valence-corrected chi connectivity index (χ0v) is 36.1. The van der Waals surface area contributed by atoms with Crippen LogP contribution in [0.15, 0.2) is 92.2 Å². The number of esters is 2. The van der Waals surface area contributed by atoms with Crippen molar-refractivity contribution < 1.29 is 46.8 Å². The largest absolute Gasteiger partial charge is 0.466 e. The minimum atomic E-state index is -0.981. The van der Waals surface area contributed by atoms with E-state index >= 15 is 0 Å². The lowest BCUT2D eigenvalue weighted by Crippen LogP contribution is -2.38. The number of pyridine rings is 2. The number of carbonyl (C=O) groups excluding carboxylic acids is 2. The number of halogens is 3. The molecule has 0 saturated carbocycles. The molecule has 4 aromatic heterocycles. The standard InChI is InChI=1S/C21H19ClFN3O6.C21H21FN4O6/c1-11-8-18(27)26(21(29)25(11)3)15-10-17(13(22)9-14(15)23)32-16-6-5-7-24-19(16)31-12(2)20(28)30-4;1-11-8-18(27)26(21(29)25(11)3)15-10-17(14(23)9-13(15)22)32-16-6-5-7-24-19(16)31-12(2)20(28)30-4/h5-10,12H,1-4H3;5-10,12H,23H2,1-4H3. The number of rotatable bonds is 12. The Morgan fingerprint density at radius 3 is 1.50 bits per heavy atom. The molecular formula is C42H40ClF2N7O12. The van der Waals surface area contributed by atoms with E-state index in [1.807, 2.05) is 0 Å². The van der Waals surface area contributed by atoms with E-state index in [2.05, 4.69) is 19.4 Å². The summed E-state index contributed by atoms with van der Waals surface area (Å²) in [6.45, 7) is 6.10. The highest BCUT2D eigenvalue weighted by atomic mass is 35.5. The van der Waals surface area contributed by atoms with Gasteiger partial charge in [-0.25, -0.2) is 47.1 Å². The molecular weight excluding hydrogens is 868 g/mol. The molecule has 22 heteroatoms. The normalized spacial score (nSPS) is 11.7. The number of methoxy groups -OCH3 is 2. The molecule has 0 spiro atoms. The number of carbonyl (C=O) groups is 2. The Kier molecular flexibility index (Phi) is 14.7. The zero-order valence-electron chi connectivity index (χ0n) is 35.4. The molecule has 0 radical (unpaired) electrons. The van der Waals surface area contributed by atoms with Gasteiger partial charge >= 0.3 is 23.3 Å². The third kappa shape index (κ3) is 10.3. The minimum Gasteiger partial charge on any atom is -0.466 e. The van der Waals surface area contributed by atoms with E-state index in [4.69, 9.17) is 36.3 Å². The smallest absolute Gasteiger partial charge is 0.346 e. The molecule has 0 aliphatic heterocycles. The van der Waals surface area contributed by atoms with Gasteiger partial charge < -0.3 is 43.3 Å². The second kappa shape index (κ2) is 19.9. The van der Waals surface area contributed by atoms with Gasteiger partial charge in [-0.2, -0.15) is 0 Å². The molecule has 19 nitrogen and oxygen atoms in total. The van der Waals surface area contributed by atoms with Crippen molar-refractivity contribution >= 4 is 29.2 Å². The number of hydrogen-bond donors (Lipinski definition) is 1. The fourth-order valence-corrected chi connectivity index (χ4v) is 5.77. The first-order valence-electron chi connectivity index (χ1n) is 18.7. The summed E-state index contributed by atoms with van der Waals surface area (Å²) in [5, 5.41) is -0.126. The van der Waals surface area contributed by atoms with Crippen LogP contribution in [-0.2, 0) is 33.2 Å². The maximum Gasteiger partial charge on any atom is 0.346 e. The van der Waals surface area contributed by atoms with Crippen LogP contribution in [0.4, 0.5) is 14.5 Å². The number of hydrogen-bond acceptors (Lipinski definition) is 15. The number of benzene rings is 2. The molecule has 2 N–H and O–H groups in total. The van der Waals surface area contributed by atoms with Crippen molar-refractivity contribution in [1.82, 2.24) is 28.2 Å². The zero-order chi connectivity index (χ0) is 47.2. The summed E-state index contributed by atoms with van der Waals surface area (Å²) in [7, 11) is 5.35. The van der Waals surface area contributed by atoms with Crippen LogP contribution in [0.3, 0.4) is 0 Å². The van der Waals surface area contributed by atoms with Gasteiger partial charge in [-0.3, -0.25) is 9.59 Å². The summed E-state index contributed by atoms with van der Waals surface area (Å²) in [6.07, 6.45) is 0.874. The topological polar surface area (TPSA) is 229 Å². The maximum absolute atomic E-state index is 14.7. The van der Waals surface area contributed by atoms with Crippen LogP contribution in [0.5, 0.6) is 34.8 Å². The quantitative estimate of drug-likeness (QED) is 0.132. The number of aromatic nitrogens is 6. The number of aryl methyl sites for hydroxylation is 2. The van der Waals surface area contributed by atoms with E-state index in [0.717, 1.165) is 24.3 Å². The van der Waals surface area contributed by atoms with Gasteiger partial charge in [0.05, 0.1) is 36.3 Å². The molecule has 336 valence electrons. The van der Waals surface area contributed by atoms with Gasteiger partial charge in [0.1, 0.15) is 17.4 Å². The Morgan fingerprint density at radius 2 is 1.06 bits per heavy atom. The molecule has 0 aliphatic carbocycles. The molecule has 4 heterocycles. The summed E-state index contributed by atoms with van der Waals surface area (Å²) in [5.74, 6) is -3.12. The first kappa shape index (κ1) is 47.2. The fourth-order valence-electron chi connectivity index (χ4n) is 5.58. The summed E-state index contributed by atoms with van der Waals surface area (Å²) in [6, 6.07) is 12.6. The van der Waals surface area contributed by atoms with E-state index in [1.54, 1.807) is 26.0 Å². The summed E-state index contributed by atoms with van der Waals surface area (Å²) < 4.78 is 64.8. The predicted molar refractivity (Wildman–Crippen MR) is 226 cm³/mol. The molecule has 0 bridgehead atoms. The Morgan fingerprint density at radius 1 is 0.656 bits per heavy atom. The molecule has 0 fully saturated rings. The van der Waals surface area contributed by atoms with Crippen LogP contribution in [0.25, 0.3) is 11.4 Å². The molecule has 2 unspecified atom stereocenters. The summed E-state index contributed by atoms with van der Waals surface area (Å²) >= 11 is 6.13. The van der Waals surface area contributed by atoms with E-state index < -0.39 is 58.3 Å². The minimum absolute atomic E-state index is 0.0425. The van der Waals surface area contributed by atoms with Gasteiger partial charge in [-0.05, 0) is 58.0 Å². The van der Waals surface area contributed by atoms with Gasteiger partial charge in [-0.1, -0.05) is 11.6 Å². The molecule has 2 atom stereocenters. The first-order valence-corrected chi connectivity index (χ1v) is 19.1. The number of anilines is 1. The molecule has 64 heavy (non-hydrogen) atoms. The van der Waals surface area contributed by atoms with E-state index in [0.29, 0.717) is 20.5 Å². The third-order valence-electron chi connectivity index (χ3n) is 9.24. The lowest BCUT2D eigenvalue weighted by atomic mass is 10.2. The number of nitrogens with zero attached hydrogens (tertiary/aromatic N) is 6. The SMILES string of the molecule is COC(=O)C(C)Oc1ncccc1Oc1cc(-n2c(=O)cc(C)n(C)c2=O)c(F)cc1Cl.COC(=O)C(C)Oc1ncccc1Oc1cc(-n2c(=O)cc(C)n(C)c2=O)c(F)cc1N. The van der Waals surface area contributed by atoms with Gasteiger partial charge in [-0.15, -0.1) is 0 Å². The van der Waals surface area contributed by atoms with Gasteiger partial charge in [0.15, 0.2) is 29.5 Å². The molecule has 2 aromatic carbocycles. The Hall–Kier alpha value is -7.81. The van der Waals surface area contributed by atoms with Gasteiger partial charge in [0.2, 0.25) is 0 Å². The van der Waals surface area contributed by atoms with Crippen molar-refractivity contribution in [3.05, 3.63) is 143 Å². The van der Waals surface area contributed by atoms with Crippen molar-refractivity contribution in [2.24, 2.45) is 14.1 Å². The maximum atomic E-state index is 14.7. The lowest BCUT2D eigenvalue weighted by molar-refractivity contribution is -0.148. The van der Waals surface area contributed by atoms with Crippen LogP contribution in [0.1, 0.15) is 25.2 Å². The van der Waals surface area contributed by atoms with Crippen molar-refractivity contribution in [3.8, 4) is 46.1 Å². The predicted octanol–water partition coefficient (Wildman–Crippen LogP) is 4.46. The molecule has 0 amide bonds. The average Bonchev–Trinajstić information content (AvgIpc) is 3.25. The number of nitrogen functional groups attached to an aromatic ring is 1. The van der Waals surface area contributed by atoms with E-state index in [1.165, 1.54) is 88.0 Å². The summed E-state index contributed by atoms with van der Waals surface area (Å²) in [5.41, 5.74) is 3.05. The second-order valence-electron chi connectivity index (χ2n) is 13.6. The van der Waals surface area contributed by atoms with Crippen molar-refractivity contribution in [2.45, 2.75) is 39.9 Å². The Bertz CT molecular complexity index is 2810. The van der Waals surface area contributed by atoms with E-state index in [-0.39, 0.29) is 56.8 Å². The lowest BCUT2D eigenvalue weighted by Gasteiger charge is -2.16.